The molecule has 1 heterocycles. The summed E-state index contributed by atoms with van der Waals surface area (Å²) in [5, 5.41) is -1.78. The monoisotopic (exact) mass is 471 g/mol. The van der Waals surface area contributed by atoms with Crippen molar-refractivity contribution >= 4 is 21.7 Å². The van der Waals surface area contributed by atoms with Crippen LogP contribution in [-0.2, 0) is 26.2 Å². The van der Waals surface area contributed by atoms with Crippen LogP contribution in [0.25, 0.3) is 11.5 Å². The fourth-order valence-electron chi connectivity index (χ4n) is 3.63. The molecule has 7 nitrogen and oxygen atoms in total. The van der Waals surface area contributed by atoms with Gasteiger partial charge in [0.25, 0.3) is 10.1 Å². The lowest BCUT2D eigenvalue weighted by Crippen LogP contribution is -2.37. The van der Waals surface area contributed by atoms with Crippen molar-refractivity contribution in [2.24, 2.45) is 0 Å². The highest BCUT2D eigenvalue weighted by Crippen LogP contribution is 2.37. The maximum atomic E-state index is 11.1. The minimum Gasteiger partial charge on any atom is -0.441 e. The van der Waals surface area contributed by atoms with E-state index >= 15 is 0 Å². The standard InChI is InChI=1S/C22H30ClNO6S/c1-15-6-4-7-18(12-15)21-24-20(17(3)30-21)14-28-19-8-5-10-22(23,13-19)29-11-9-16(2)31(25,26)27/h4,6-7,12,16,19H,5,8-11,13-14H2,1-3H3,(H,25,26,27). The van der Waals surface area contributed by atoms with Gasteiger partial charge in [-0.15, -0.1) is 0 Å². The molecule has 1 aliphatic carbocycles. The van der Waals surface area contributed by atoms with Crippen LogP contribution in [0.3, 0.4) is 0 Å². The average Bonchev–Trinajstić information content (AvgIpc) is 3.06. The normalized spacial score (nSPS) is 23.1. The minimum atomic E-state index is -4.06. The number of aromatic nitrogens is 1. The van der Waals surface area contributed by atoms with Crippen LogP contribution in [0.5, 0.6) is 0 Å². The Labute approximate surface area is 188 Å². The van der Waals surface area contributed by atoms with Crippen LogP contribution in [0, 0.1) is 13.8 Å². The molecule has 0 spiro atoms. The van der Waals surface area contributed by atoms with E-state index in [9.17, 15) is 8.42 Å². The number of oxazole rings is 1. The Hall–Kier alpha value is -1.45. The molecule has 172 valence electrons. The van der Waals surface area contributed by atoms with Gasteiger partial charge < -0.3 is 13.9 Å². The summed E-state index contributed by atoms with van der Waals surface area (Å²) in [4.78, 5) is 4.60. The van der Waals surface area contributed by atoms with Gasteiger partial charge in [-0.05, 0) is 58.6 Å². The van der Waals surface area contributed by atoms with E-state index in [0.29, 0.717) is 25.3 Å². The van der Waals surface area contributed by atoms with Crippen molar-refractivity contribution < 1.29 is 26.9 Å². The van der Waals surface area contributed by atoms with Crippen LogP contribution in [0.15, 0.2) is 28.7 Å². The molecule has 1 saturated carbocycles. The van der Waals surface area contributed by atoms with E-state index in [0.717, 1.165) is 35.4 Å². The molecule has 1 aromatic carbocycles. The first-order valence-corrected chi connectivity index (χ1v) is 12.4. The molecular formula is C22H30ClNO6S. The Balaban J connectivity index is 1.54. The first-order valence-electron chi connectivity index (χ1n) is 10.5. The molecule has 0 aliphatic heterocycles. The Morgan fingerprint density at radius 2 is 2.16 bits per heavy atom. The first-order chi connectivity index (χ1) is 14.6. The van der Waals surface area contributed by atoms with E-state index in [1.165, 1.54) is 6.92 Å². The fourth-order valence-corrected chi connectivity index (χ4v) is 4.41. The van der Waals surface area contributed by atoms with Gasteiger partial charge in [0.05, 0.1) is 24.6 Å². The fraction of sp³-hybridized carbons (Fsp3) is 0.591. The number of hydrogen-bond acceptors (Lipinski definition) is 6. The predicted molar refractivity (Wildman–Crippen MR) is 119 cm³/mol. The Bertz CT molecular complexity index is 992. The van der Waals surface area contributed by atoms with Crippen LogP contribution < -0.4 is 0 Å². The summed E-state index contributed by atoms with van der Waals surface area (Å²) >= 11 is 6.63. The predicted octanol–water partition coefficient (Wildman–Crippen LogP) is 5.04. The molecule has 31 heavy (non-hydrogen) atoms. The highest BCUT2D eigenvalue weighted by Gasteiger charge is 2.36. The molecule has 0 saturated heterocycles. The van der Waals surface area contributed by atoms with Crippen molar-refractivity contribution in [2.45, 2.75) is 75.9 Å². The van der Waals surface area contributed by atoms with Gasteiger partial charge in [-0.3, -0.25) is 4.55 Å². The molecule has 3 rings (SSSR count). The second kappa shape index (κ2) is 10.0. The van der Waals surface area contributed by atoms with Crippen molar-refractivity contribution in [3.05, 3.63) is 41.3 Å². The second-order valence-electron chi connectivity index (χ2n) is 8.27. The second-order valence-corrected chi connectivity index (χ2v) is 10.8. The van der Waals surface area contributed by atoms with Crippen molar-refractivity contribution in [3.63, 3.8) is 0 Å². The van der Waals surface area contributed by atoms with Crippen LogP contribution in [0.2, 0.25) is 0 Å². The van der Waals surface area contributed by atoms with Crippen molar-refractivity contribution in [1.82, 2.24) is 4.98 Å². The molecule has 3 unspecified atom stereocenters. The van der Waals surface area contributed by atoms with E-state index in [-0.39, 0.29) is 19.1 Å². The van der Waals surface area contributed by atoms with Gasteiger partial charge in [-0.1, -0.05) is 29.3 Å². The molecule has 9 heteroatoms. The number of ether oxygens (including phenoxy) is 2. The van der Waals surface area contributed by atoms with E-state index in [1.807, 2.05) is 38.1 Å². The van der Waals surface area contributed by atoms with Crippen molar-refractivity contribution in [3.8, 4) is 11.5 Å². The topological polar surface area (TPSA) is 98.9 Å². The molecular weight excluding hydrogens is 442 g/mol. The molecule has 2 aromatic rings. The number of nitrogens with zero attached hydrogens (tertiary/aromatic N) is 1. The van der Waals surface area contributed by atoms with Crippen LogP contribution in [0.1, 0.15) is 56.0 Å². The highest BCUT2D eigenvalue weighted by atomic mass is 35.5. The van der Waals surface area contributed by atoms with Gasteiger partial charge in [0.15, 0.2) is 0 Å². The summed E-state index contributed by atoms with van der Waals surface area (Å²) < 4.78 is 49.0. The third-order valence-electron chi connectivity index (χ3n) is 5.62. The number of alkyl halides is 1. The summed E-state index contributed by atoms with van der Waals surface area (Å²) in [6.07, 6.45) is 2.95. The summed E-state index contributed by atoms with van der Waals surface area (Å²) in [6.45, 7) is 5.81. The summed E-state index contributed by atoms with van der Waals surface area (Å²) in [6, 6.07) is 7.99. The lowest BCUT2D eigenvalue weighted by molar-refractivity contribution is -0.0724. The van der Waals surface area contributed by atoms with Gasteiger partial charge in [0.2, 0.25) is 5.89 Å². The highest BCUT2D eigenvalue weighted by molar-refractivity contribution is 7.86. The van der Waals surface area contributed by atoms with E-state index in [4.69, 9.17) is 30.0 Å². The molecule has 1 N–H and O–H groups in total. The van der Waals surface area contributed by atoms with Gasteiger partial charge in [-0.25, -0.2) is 4.98 Å². The molecule has 1 aromatic heterocycles. The van der Waals surface area contributed by atoms with Crippen molar-refractivity contribution in [1.29, 1.82) is 0 Å². The molecule has 0 amide bonds. The van der Waals surface area contributed by atoms with Crippen LogP contribution in [-0.4, -0.2) is 41.0 Å². The van der Waals surface area contributed by atoms with Gasteiger partial charge in [0.1, 0.15) is 16.5 Å². The quantitative estimate of drug-likeness (QED) is 0.404. The zero-order valence-corrected chi connectivity index (χ0v) is 19.7. The Morgan fingerprint density at radius 1 is 1.39 bits per heavy atom. The van der Waals surface area contributed by atoms with E-state index in [2.05, 4.69) is 4.98 Å². The number of halogens is 1. The molecule has 0 radical (unpaired) electrons. The zero-order valence-electron chi connectivity index (χ0n) is 18.1. The number of hydrogen-bond donors (Lipinski definition) is 1. The van der Waals surface area contributed by atoms with E-state index < -0.39 is 20.4 Å². The molecule has 0 bridgehead atoms. The summed E-state index contributed by atoms with van der Waals surface area (Å²) in [7, 11) is -4.06. The third-order valence-corrected chi connectivity index (χ3v) is 7.32. The van der Waals surface area contributed by atoms with Gasteiger partial charge >= 0.3 is 0 Å². The Kier molecular flexibility index (Phi) is 7.81. The number of rotatable bonds is 9. The smallest absolute Gasteiger partial charge is 0.267 e. The summed E-state index contributed by atoms with van der Waals surface area (Å²) in [5.41, 5.74) is 2.82. The Morgan fingerprint density at radius 3 is 2.87 bits per heavy atom. The average molecular weight is 472 g/mol. The molecule has 3 atom stereocenters. The zero-order chi connectivity index (χ0) is 22.6. The lowest BCUT2D eigenvalue weighted by Gasteiger charge is -2.36. The number of benzene rings is 1. The maximum Gasteiger partial charge on any atom is 0.267 e. The first kappa shape index (κ1) is 24.2. The lowest BCUT2D eigenvalue weighted by atomic mass is 9.94. The maximum absolute atomic E-state index is 11.1. The van der Waals surface area contributed by atoms with Gasteiger partial charge in [0, 0.05) is 12.0 Å². The molecule has 1 fully saturated rings. The summed E-state index contributed by atoms with van der Waals surface area (Å²) in [5.74, 6) is 1.30. The number of aryl methyl sites for hydroxylation is 2. The van der Waals surface area contributed by atoms with Crippen LogP contribution in [0.4, 0.5) is 0 Å². The van der Waals surface area contributed by atoms with E-state index in [1.54, 1.807) is 0 Å². The SMILES string of the molecule is Cc1cccc(-c2nc(COC3CCCC(Cl)(OCCC(C)S(=O)(=O)O)C3)c(C)o2)c1. The van der Waals surface area contributed by atoms with Gasteiger partial charge in [-0.2, -0.15) is 8.42 Å². The van der Waals surface area contributed by atoms with Crippen LogP contribution >= 0.6 is 11.6 Å². The largest absolute Gasteiger partial charge is 0.441 e. The molecule has 1 aliphatic rings. The third kappa shape index (κ3) is 6.76. The van der Waals surface area contributed by atoms with Crippen molar-refractivity contribution in [2.75, 3.05) is 6.61 Å². The minimum absolute atomic E-state index is 0.0937.